The Kier molecular flexibility index (Phi) is 3.97. The first kappa shape index (κ1) is 14.6. The Labute approximate surface area is 132 Å². The van der Waals surface area contributed by atoms with Crippen LogP contribution in [-0.2, 0) is 6.54 Å². The number of hydrogen-bond acceptors (Lipinski definition) is 3. The van der Waals surface area contributed by atoms with Crippen LogP contribution < -0.4 is 11.0 Å². The van der Waals surface area contributed by atoms with E-state index < -0.39 is 5.91 Å². The molecular weight excluding hydrogens is 294 g/mol. The second-order valence-corrected chi connectivity index (χ2v) is 5.06. The Morgan fingerprint density at radius 3 is 2.65 bits per heavy atom. The highest BCUT2D eigenvalue weighted by Gasteiger charge is 2.15. The fraction of sp³-hybridized carbons (Fsp3) is 0.0588. The van der Waals surface area contributed by atoms with Crippen LogP contribution in [0.15, 0.2) is 65.6 Å². The topological polar surface area (TPSA) is 87.1 Å². The molecule has 6 nitrogen and oxygen atoms in total. The molecule has 0 fully saturated rings. The largest absolute Gasteiger partial charge is 0.508 e. The standard InChI is InChI=1S/C17H15N3O3/c21-14-8-4-7-13(9-14)19-16(22)15-10-18-17(23)20(15)11-12-5-2-1-3-6-12/h1-10,21H,11H2,(H,18,23)(H,19,22). The number of rotatable bonds is 4. The van der Waals surface area contributed by atoms with Crippen LogP contribution in [0.4, 0.5) is 5.69 Å². The number of phenolic OH excluding ortho intramolecular Hbond substituents is 1. The smallest absolute Gasteiger partial charge is 0.326 e. The van der Waals surface area contributed by atoms with Gasteiger partial charge in [-0.2, -0.15) is 0 Å². The number of anilines is 1. The highest BCUT2D eigenvalue weighted by atomic mass is 16.3. The molecule has 6 heteroatoms. The van der Waals surface area contributed by atoms with Crippen LogP contribution in [0.1, 0.15) is 16.1 Å². The molecule has 1 amide bonds. The predicted octanol–water partition coefficient (Wildman–Crippen LogP) is 2.18. The van der Waals surface area contributed by atoms with Gasteiger partial charge in [-0.25, -0.2) is 4.79 Å². The average Bonchev–Trinajstić information content (AvgIpc) is 2.89. The number of carbonyl (C=O) groups excluding carboxylic acids is 1. The van der Waals surface area contributed by atoms with E-state index in [4.69, 9.17) is 0 Å². The van der Waals surface area contributed by atoms with Gasteiger partial charge in [-0.1, -0.05) is 36.4 Å². The molecule has 0 radical (unpaired) electrons. The van der Waals surface area contributed by atoms with Gasteiger partial charge in [0.1, 0.15) is 11.4 Å². The van der Waals surface area contributed by atoms with Crippen molar-refractivity contribution < 1.29 is 9.90 Å². The minimum Gasteiger partial charge on any atom is -0.508 e. The zero-order chi connectivity index (χ0) is 16.2. The summed E-state index contributed by atoms with van der Waals surface area (Å²) in [6.07, 6.45) is 1.38. The van der Waals surface area contributed by atoms with Gasteiger partial charge in [0.2, 0.25) is 0 Å². The van der Waals surface area contributed by atoms with E-state index in [1.54, 1.807) is 12.1 Å². The summed E-state index contributed by atoms with van der Waals surface area (Å²) >= 11 is 0. The summed E-state index contributed by atoms with van der Waals surface area (Å²) in [6.45, 7) is 0.298. The minimum atomic E-state index is -0.426. The second-order valence-electron chi connectivity index (χ2n) is 5.06. The lowest BCUT2D eigenvalue weighted by Crippen LogP contribution is -2.24. The van der Waals surface area contributed by atoms with Gasteiger partial charge in [-0.15, -0.1) is 0 Å². The molecule has 0 aliphatic carbocycles. The molecule has 116 valence electrons. The zero-order valence-corrected chi connectivity index (χ0v) is 12.2. The van der Waals surface area contributed by atoms with Crippen molar-refractivity contribution in [2.24, 2.45) is 0 Å². The third-order valence-electron chi connectivity index (χ3n) is 3.39. The van der Waals surface area contributed by atoms with Crippen molar-refractivity contribution >= 4 is 11.6 Å². The van der Waals surface area contributed by atoms with Gasteiger partial charge in [0.15, 0.2) is 0 Å². The van der Waals surface area contributed by atoms with Crippen LogP contribution in [0.3, 0.4) is 0 Å². The normalized spacial score (nSPS) is 10.4. The molecule has 23 heavy (non-hydrogen) atoms. The van der Waals surface area contributed by atoms with Gasteiger partial charge in [-0.3, -0.25) is 9.36 Å². The lowest BCUT2D eigenvalue weighted by molar-refractivity contribution is 0.101. The fourth-order valence-electron chi connectivity index (χ4n) is 2.29. The molecular formula is C17H15N3O3. The van der Waals surface area contributed by atoms with Crippen molar-refractivity contribution in [3.8, 4) is 5.75 Å². The first-order chi connectivity index (χ1) is 11.1. The van der Waals surface area contributed by atoms with Crippen LogP contribution in [0, 0.1) is 0 Å². The van der Waals surface area contributed by atoms with Gasteiger partial charge in [-0.05, 0) is 17.7 Å². The highest BCUT2D eigenvalue weighted by Crippen LogP contribution is 2.16. The molecule has 0 atom stereocenters. The van der Waals surface area contributed by atoms with E-state index in [0.717, 1.165) is 5.56 Å². The van der Waals surface area contributed by atoms with Crippen molar-refractivity contribution in [3.63, 3.8) is 0 Å². The molecule has 3 aromatic rings. The van der Waals surface area contributed by atoms with Gasteiger partial charge in [0, 0.05) is 18.0 Å². The maximum Gasteiger partial charge on any atom is 0.326 e. The minimum absolute atomic E-state index is 0.0542. The van der Waals surface area contributed by atoms with Crippen molar-refractivity contribution in [3.05, 3.63) is 82.5 Å². The number of phenols is 1. The number of amides is 1. The van der Waals surface area contributed by atoms with E-state index in [9.17, 15) is 14.7 Å². The first-order valence-electron chi connectivity index (χ1n) is 7.06. The van der Waals surface area contributed by atoms with Gasteiger partial charge in [0.05, 0.1) is 6.54 Å². The Bertz CT molecular complexity index is 881. The molecule has 3 rings (SSSR count). The van der Waals surface area contributed by atoms with Crippen molar-refractivity contribution in [2.45, 2.75) is 6.54 Å². The Balaban J connectivity index is 1.85. The number of H-pyrrole nitrogens is 1. The van der Waals surface area contributed by atoms with E-state index in [1.165, 1.54) is 22.9 Å². The molecule has 3 N–H and O–H groups in total. The summed E-state index contributed by atoms with van der Waals surface area (Å²) in [4.78, 5) is 26.9. The first-order valence-corrected chi connectivity index (χ1v) is 7.06. The summed E-state index contributed by atoms with van der Waals surface area (Å²) < 4.78 is 1.37. The SMILES string of the molecule is O=C(Nc1cccc(O)c1)c1c[nH]c(=O)n1Cc1ccccc1. The van der Waals surface area contributed by atoms with Crippen LogP contribution in [0.25, 0.3) is 0 Å². The number of aromatic hydroxyl groups is 1. The number of aromatic nitrogens is 2. The summed E-state index contributed by atoms with van der Waals surface area (Å²) in [5.41, 5.74) is 1.24. The number of carbonyl (C=O) groups is 1. The average molecular weight is 309 g/mol. The number of hydrogen-bond donors (Lipinski definition) is 3. The summed E-state index contributed by atoms with van der Waals surface area (Å²) in [5, 5.41) is 12.1. The Morgan fingerprint density at radius 1 is 1.13 bits per heavy atom. The van der Waals surface area contributed by atoms with Crippen LogP contribution in [0.2, 0.25) is 0 Å². The fourth-order valence-corrected chi connectivity index (χ4v) is 2.29. The van der Waals surface area contributed by atoms with E-state index in [0.29, 0.717) is 12.2 Å². The van der Waals surface area contributed by atoms with Crippen molar-refractivity contribution in [1.29, 1.82) is 0 Å². The summed E-state index contributed by atoms with van der Waals surface area (Å²) in [5.74, 6) is -0.372. The van der Waals surface area contributed by atoms with Gasteiger partial charge < -0.3 is 15.4 Å². The van der Waals surface area contributed by atoms with Crippen LogP contribution in [0.5, 0.6) is 5.75 Å². The Morgan fingerprint density at radius 2 is 1.91 bits per heavy atom. The van der Waals surface area contributed by atoms with E-state index >= 15 is 0 Å². The maximum atomic E-state index is 12.4. The molecule has 0 aliphatic heterocycles. The third kappa shape index (κ3) is 3.32. The number of benzene rings is 2. The quantitative estimate of drug-likeness (QED) is 0.690. The number of nitrogens with one attached hydrogen (secondary N) is 2. The molecule has 1 heterocycles. The molecule has 0 bridgehead atoms. The maximum absolute atomic E-state index is 12.4. The number of imidazole rings is 1. The van der Waals surface area contributed by atoms with Gasteiger partial charge >= 0.3 is 5.69 Å². The van der Waals surface area contributed by atoms with Crippen molar-refractivity contribution in [1.82, 2.24) is 9.55 Å². The Hall–Kier alpha value is -3.28. The summed E-state index contributed by atoms with van der Waals surface area (Å²) in [7, 11) is 0. The molecule has 0 unspecified atom stereocenters. The zero-order valence-electron chi connectivity index (χ0n) is 12.2. The lowest BCUT2D eigenvalue weighted by Gasteiger charge is -2.08. The monoisotopic (exact) mass is 309 g/mol. The second kappa shape index (κ2) is 6.23. The molecule has 2 aromatic carbocycles. The molecule has 0 spiro atoms. The number of nitrogens with zero attached hydrogens (tertiary/aromatic N) is 1. The molecule has 1 aromatic heterocycles. The van der Waals surface area contributed by atoms with Crippen LogP contribution in [-0.4, -0.2) is 20.6 Å². The highest BCUT2D eigenvalue weighted by molar-refractivity contribution is 6.03. The molecule has 0 aliphatic rings. The van der Waals surface area contributed by atoms with E-state index in [1.807, 2.05) is 30.3 Å². The van der Waals surface area contributed by atoms with Crippen molar-refractivity contribution in [2.75, 3.05) is 5.32 Å². The van der Waals surface area contributed by atoms with Crippen LogP contribution >= 0.6 is 0 Å². The predicted molar refractivity (Wildman–Crippen MR) is 86.7 cm³/mol. The van der Waals surface area contributed by atoms with E-state index in [2.05, 4.69) is 10.3 Å². The molecule has 0 saturated carbocycles. The third-order valence-corrected chi connectivity index (χ3v) is 3.39. The lowest BCUT2D eigenvalue weighted by atomic mass is 10.2. The van der Waals surface area contributed by atoms with Gasteiger partial charge in [0.25, 0.3) is 5.91 Å². The van der Waals surface area contributed by atoms with E-state index in [-0.39, 0.29) is 17.1 Å². The summed E-state index contributed by atoms with van der Waals surface area (Å²) in [6, 6.07) is 15.6. The number of aromatic amines is 1. The molecule has 0 saturated heterocycles.